The lowest BCUT2D eigenvalue weighted by Crippen LogP contribution is -2.26. The van der Waals surface area contributed by atoms with E-state index in [1.807, 2.05) is 0 Å². The van der Waals surface area contributed by atoms with E-state index < -0.39 is 5.82 Å². The first-order chi connectivity index (χ1) is 8.38. The summed E-state index contributed by atoms with van der Waals surface area (Å²) >= 11 is 0. The van der Waals surface area contributed by atoms with Gasteiger partial charge in [0.05, 0.1) is 0 Å². The summed E-state index contributed by atoms with van der Waals surface area (Å²) in [5, 5.41) is 2.49. The van der Waals surface area contributed by atoms with Crippen molar-refractivity contribution in [3.63, 3.8) is 0 Å². The second kappa shape index (κ2) is 5.62. The minimum Gasteiger partial charge on any atom is -0.370 e. The van der Waals surface area contributed by atoms with E-state index in [1.54, 1.807) is 0 Å². The van der Waals surface area contributed by atoms with E-state index in [2.05, 4.69) is 15.3 Å². The van der Waals surface area contributed by atoms with Crippen LogP contribution in [-0.4, -0.2) is 17.8 Å². The topological polar surface area (TPSA) is 132 Å². The molecule has 0 saturated carbocycles. The van der Waals surface area contributed by atoms with Gasteiger partial charge in [-0.25, -0.2) is 9.38 Å². The van der Waals surface area contributed by atoms with Crippen LogP contribution in [0.5, 0.6) is 0 Å². The Morgan fingerprint density at radius 1 is 1.33 bits per heavy atom. The number of guanidine groups is 2. The molecule has 1 aromatic carbocycles. The predicted octanol–water partition coefficient (Wildman–Crippen LogP) is 0.00370. The van der Waals surface area contributed by atoms with Gasteiger partial charge in [-0.3, -0.25) is 4.79 Å². The number of nitrogens with two attached hydrogens (primary N) is 3. The molecule has 96 valence electrons. The van der Waals surface area contributed by atoms with Gasteiger partial charge in [0.1, 0.15) is 11.5 Å². The van der Waals surface area contributed by atoms with E-state index in [0.29, 0.717) is 5.69 Å². The monoisotopic (exact) mass is 252 g/mol. The smallest absolute Gasteiger partial charge is 0.223 e. The van der Waals surface area contributed by atoms with Gasteiger partial charge in [-0.05, 0) is 18.2 Å². The van der Waals surface area contributed by atoms with Crippen molar-refractivity contribution >= 4 is 29.2 Å². The summed E-state index contributed by atoms with van der Waals surface area (Å²) in [5.41, 5.74) is 15.9. The van der Waals surface area contributed by atoms with Crippen LogP contribution >= 0.6 is 0 Å². The van der Waals surface area contributed by atoms with E-state index in [9.17, 15) is 9.18 Å². The van der Waals surface area contributed by atoms with Gasteiger partial charge in [-0.2, -0.15) is 4.99 Å². The molecule has 0 aliphatic carbocycles. The fourth-order valence-corrected chi connectivity index (χ4v) is 1.16. The van der Waals surface area contributed by atoms with Crippen LogP contribution in [0.3, 0.4) is 0 Å². The minimum atomic E-state index is -0.613. The number of hydrogen-bond acceptors (Lipinski definition) is 2. The maximum atomic E-state index is 13.4. The summed E-state index contributed by atoms with van der Waals surface area (Å²) < 4.78 is 13.4. The van der Waals surface area contributed by atoms with Gasteiger partial charge in [-0.1, -0.05) is 0 Å². The third kappa shape index (κ3) is 4.08. The number of carbonyl (C=O) groups is 1. The quantitative estimate of drug-likeness (QED) is 0.435. The Hall–Kier alpha value is -2.64. The molecule has 1 aromatic rings. The van der Waals surface area contributed by atoms with Crippen LogP contribution in [0.4, 0.5) is 15.8 Å². The lowest BCUT2D eigenvalue weighted by molar-refractivity contribution is -0.114. The zero-order valence-electron chi connectivity index (χ0n) is 9.64. The molecule has 0 bridgehead atoms. The molecule has 0 saturated heterocycles. The molecule has 0 atom stereocenters. The lowest BCUT2D eigenvalue weighted by Gasteiger charge is -2.04. The molecule has 0 radical (unpaired) electrons. The van der Waals surface area contributed by atoms with E-state index in [0.717, 1.165) is 6.07 Å². The maximum Gasteiger partial charge on any atom is 0.223 e. The van der Waals surface area contributed by atoms with Gasteiger partial charge in [0.25, 0.3) is 0 Å². The highest BCUT2D eigenvalue weighted by Gasteiger charge is 2.04. The second-order valence-corrected chi connectivity index (χ2v) is 3.35. The molecule has 7 nitrogen and oxygen atoms in total. The molecule has 0 fully saturated rings. The predicted molar refractivity (Wildman–Crippen MR) is 67.8 cm³/mol. The van der Waals surface area contributed by atoms with Gasteiger partial charge < -0.3 is 22.5 Å². The maximum absolute atomic E-state index is 13.4. The zero-order valence-corrected chi connectivity index (χ0v) is 9.64. The summed E-state index contributed by atoms with van der Waals surface area (Å²) in [6.07, 6.45) is 0. The van der Waals surface area contributed by atoms with Crippen molar-refractivity contribution in [3.05, 3.63) is 24.0 Å². The van der Waals surface area contributed by atoms with Gasteiger partial charge in [0.2, 0.25) is 11.9 Å². The van der Waals surface area contributed by atoms with Crippen molar-refractivity contribution in [1.29, 1.82) is 0 Å². The lowest BCUT2D eigenvalue weighted by atomic mass is 10.2. The normalized spacial score (nSPS) is 10.9. The van der Waals surface area contributed by atoms with E-state index in [1.165, 1.54) is 19.1 Å². The van der Waals surface area contributed by atoms with Gasteiger partial charge in [-0.15, -0.1) is 0 Å². The highest BCUT2D eigenvalue weighted by atomic mass is 19.1. The number of halogens is 1. The minimum absolute atomic E-state index is 0.0799. The average molecular weight is 252 g/mol. The van der Waals surface area contributed by atoms with Gasteiger partial charge in [0.15, 0.2) is 5.96 Å². The summed E-state index contributed by atoms with van der Waals surface area (Å²) in [4.78, 5) is 18.0. The highest BCUT2D eigenvalue weighted by Crippen LogP contribution is 2.22. The Bertz CT molecular complexity index is 521. The van der Waals surface area contributed by atoms with E-state index in [4.69, 9.17) is 17.2 Å². The summed E-state index contributed by atoms with van der Waals surface area (Å²) in [7, 11) is 0. The number of carbonyl (C=O) groups excluding carboxylic acids is 1. The molecular formula is C10H13FN6O. The zero-order chi connectivity index (χ0) is 13.7. The Morgan fingerprint density at radius 2 is 2.00 bits per heavy atom. The molecule has 0 aliphatic heterocycles. The van der Waals surface area contributed by atoms with Crippen molar-refractivity contribution in [2.75, 3.05) is 5.32 Å². The first kappa shape index (κ1) is 13.4. The number of benzene rings is 1. The standard InChI is InChI=1S/C10H13FN6O/c1-5(18)15-6-2-3-7(11)8(4-6)16-10(14)17-9(12)13/h2-4H,1H3,(H,15,18)(H6,12,13,14,16,17). The number of aliphatic imine (C=N–C) groups is 2. The fourth-order valence-electron chi connectivity index (χ4n) is 1.16. The number of nitrogens with one attached hydrogen (secondary N) is 1. The Balaban J connectivity index is 3.08. The average Bonchev–Trinajstić information content (AvgIpc) is 2.21. The molecule has 8 heteroatoms. The molecule has 0 aromatic heterocycles. The van der Waals surface area contributed by atoms with Crippen molar-refractivity contribution in [1.82, 2.24) is 0 Å². The molecule has 1 rings (SSSR count). The molecule has 0 aliphatic rings. The molecule has 0 spiro atoms. The van der Waals surface area contributed by atoms with Crippen molar-refractivity contribution in [3.8, 4) is 0 Å². The SMILES string of the molecule is CC(=O)Nc1ccc(F)c(N=C(N)N=C(N)N)c1. The fraction of sp³-hybridized carbons (Fsp3) is 0.100. The Kier molecular flexibility index (Phi) is 4.19. The number of rotatable bonds is 2. The summed E-state index contributed by atoms with van der Waals surface area (Å²) in [5.74, 6) is -1.46. The molecule has 18 heavy (non-hydrogen) atoms. The summed E-state index contributed by atoms with van der Waals surface area (Å²) in [6, 6.07) is 3.85. The number of nitrogens with zero attached hydrogens (tertiary/aromatic N) is 2. The van der Waals surface area contributed by atoms with E-state index >= 15 is 0 Å². The van der Waals surface area contributed by atoms with Crippen LogP contribution in [-0.2, 0) is 4.79 Å². The van der Waals surface area contributed by atoms with Crippen LogP contribution < -0.4 is 22.5 Å². The van der Waals surface area contributed by atoms with Crippen LogP contribution in [0.1, 0.15) is 6.92 Å². The molecule has 0 unspecified atom stereocenters. The largest absolute Gasteiger partial charge is 0.370 e. The first-order valence-corrected chi connectivity index (χ1v) is 4.89. The molecule has 7 N–H and O–H groups in total. The van der Waals surface area contributed by atoms with E-state index in [-0.39, 0.29) is 23.5 Å². The first-order valence-electron chi connectivity index (χ1n) is 4.89. The molecular weight excluding hydrogens is 239 g/mol. The van der Waals surface area contributed by atoms with Crippen LogP contribution in [0.15, 0.2) is 28.2 Å². The van der Waals surface area contributed by atoms with Crippen molar-refractivity contribution in [2.24, 2.45) is 27.2 Å². The van der Waals surface area contributed by atoms with Crippen LogP contribution in [0.25, 0.3) is 0 Å². The van der Waals surface area contributed by atoms with Crippen LogP contribution in [0, 0.1) is 5.82 Å². The summed E-state index contributed by atoms with van der Waals surface area (Å²) in [6.45, 7) is 1.33. The molecule has 1 amide bonds. The van der Waals surface area contributed by atoms with Gasteiger partial charge >= 0.3 is 0 Å². The third-order valence-corrected chi connectivity index (χ3v) is 1.75. The Labute approximate surface area is 103 Å². The molecule has 0 heterocycles. The van der Waals surface area contributed by atoms with Crippen molar-refractivity contribution < 1.29 is 9.18 Å². The third-order valence-electron chi connectivity index (χ3n) is 1.75. The number of anilines is 1. The second-order valence-electron chi connectivity index (χ2n) is 3.35. The van der Waals surface area contributed by atoms with Crippen molar-refractivity contribution in [2.45, 2.75) is 6.92 Å². The van der Waals surface area contributed by atoms with Gasteiger partial charge in [0, 0.05) is 12.6 Å². The van der Waals surface area contributed by atoms with Crippen LogP contribution in [0.2, 0.25) is 0 Å². The Morgan fingerprint density at radius 3 is 2.56 bits per heavy atom. The number of hydrogen-bond donors (Lipinski definition) is 4. The highest BCUT2D eigenvalue weighted by molar-refractivity contribution is 5.94. The number of amides is 1.